The Morgan fingerprint density at radius 3 is 2.57 bits per heavy atom. The number of fused-ring (bicyclic) bond motifs is 3. The molecule has 1 saturated heterocycles. The van der Waals surface area contributed by atoms with E-state index >= 15 is 4.39 Å². The first-order valence-electron chi connectivity index (χ1n) is 8.93. The van der Waals surface area contributed by atoms with Gasteiger partial charge in [0, 0.05) is 26.2 Å². The largest absolute Gasteiger partial charge is 0.462 e. The average Bonchev–Trinajstić information content (AvgIpc) is 2.64. The van der Waals surface area contributed by atoms with Crippen molar-refractivity contribution in [3.05, 3.63) is 38.2 Å². The highest BCUT2D eigenvalue weighted by atomic mass is 32.1. The zero-order valence-electron chi connectivity index (χ0n) is 15.6. The van der Waals surface area contributed by atoms with Crippen LogP contribution in [0.3, 0.4) is 0 Å². The molecule has 1 aromatic carbocycles. The van der Waals surface area contributed by atoms with Crippen LogP contribution >= 0.6 is 11.3 Å². The molecule has 148 valence electrons. The summed E-state index contributed by atoms with van der Waals surface area (Å²) in [6, 6.07) is 1.01. The van der Waals surface area contributed by atoms with Gasteiger partial charge in [-0.1, -0.05) is 17.9 Å². The number of carbonyl (C=O) groups excluding carboxylic acids is 1. The molecule has 4 rings (SSSR count). The van der Waals surface area contributed by atoms with Crippen LogP contribution in [0.1, 0.15) is 17.3 Å². The van der Waals surface area contributed by atoms with Crippen LogP contribution in [0.2, 0.25) is 0 Å². The SMILES string of the molecule is C=c1sc2c(C(=O)OCC)c(=O)c3cc(F)c(N4CCN(C)CC4)c(F)c3n12. The molecule has 1 aliphatic rings. The lowest BCUT2D eigenvalue weighted by molar-refractivity contribution is 0.0527. The molecule has 0 radical (unpaired) electrons. The van der Waals surface area contributed by atoms with Crippen molar-refractivity contribution in [2.45, 2.75) is 6.92 Å². The number of pyridine rings is 1. The minimum absolute atomic E-state index is 0.0490. The van der Waals surface area contributed by atoms with Crippen LogP contribution in [0, 0.1) is 11.6 Å². The van der Waals surface area contributed by atoms with E-state index in [4.69, 9.17) is 4.74 Å². The lowest BCUT2D eigenvalue weighted by Crippen LogP contribution is -2.45. The summed E-state index contributed by atoms with van der Waals surface area (Å²) in [6.07, 6.45) is 0. The number of rotatable bonds is 3. The summed E-state index contributed by atoms with van der Waals surface area (Å²) in [5, 5.41) is -0.193. The van der Waals surface area contributed by atoms with Crippen molar-refractivity contribution in [1.82, 2.24) is 9.30 Å². The molecule has 0 aliphatic carbocycles. The second-order valence-electron chi connectivity index (χ2n) is 6.77. The van der Waals surface area contributed by atoms with E-state index in [1.807, 2.05) is 7.05 Å². The molecule has 1 aliphatic heterocycles. The zero-order chi connectivity index (χ0) is 20.2. The van der Waals surface area contributed by atoms with Crippen LogP contribution in [-0.2, 0) is 4.74 Å². The lowest BCUT2D eigenvalue weighted by Gasteiger charge is -2.34. The van der Waals surface area contributed by atoms with E-state index < -0.39 is 23.0 Å². The number of benzene rings is 1. The minimum Gasteiger partial charge on any atom is -0.462 e. The summed E-state index contributed by atoms with van der Waals surface area (Å²) in [6.45, 7) is 7.86. The number of anilines is 1. The highest BCUT2D eigenvalue weighted by Gasteiger charge is 2.29. The van der Waals surface area contributed by atoms with Gasteiger partial charge < -0.3 is 14.5 Å². The third kappa shape index (κ3) is 2.68. The van der Waals surface area contributed by atoms with Gasteiger partial charge in [0.25, 0.3) is 0 Å². The lowest BCUT2D eigenvalue weighted by atomic mass is 10.1. The molecule has 3 aromatic rings. The molecule has 3 heterocycles. The molecule has 0 saturated carbocycles. The third-order valence-electron chi connectivity index (χ3n) is 5.04. The van der Waals surface area contributed by atoms with E-state index in [-0.39, 0.29) is 33.6 Å². The number of aromatic nitrogens is 1. The van der Waals surface area contributed by atoms with Crippen molar-refractivity contribution >= 4 is 45.3 Å². The number of ether oxygens (including phenoxy) is 1. The second kappa shape index (κ2) is 6.82. The van der Waals surface area contributed by atoms with E-state index in [0.29, 0.717) is 30.8 Å². The Labute approximate surface area is 163 Å². The molecule has 1 fully saturated rings. The van der Waals surface area contributed by atoms with Gasteiger partial charge in [-0.25, -0.2) is 13.6 Å². The number of nitrogens with zero attached hydrogens (tertiary/aromatic N) is 3. The first-order chi connectivity index (χ1) is 13.3. The fourth-order valence-electron chi connectivity index (χ4n) is 3.59. The van der Waals surface area contributed by atoms with Crippen molar-refractivity contribution in [2.24, 2.45) is 0 Å². The van der Waals surface area contributed by atoms with Crippen LogP contribution in [0.15, 0.2) is 10.9 Å². The first kappa shape index (κ1) is 18.8. The van der Waals surface area contributed by atoms with E-state index in [0.717, 1.165) is 17.4 Å². The maximum Gasteiger partial charge on any atom is 0.345 e. The highest BCUT2D eigenvalue weighted by Crippen LogP contribution is 2.32. The number of esters is 1. The normalized spacial score (nSPS) is 15.6. The monoisotopic (exact) mass is 407 g/mol. The molecule has 6 nitrogen and oxygen atoms in total. The van der Waals surface area contributed by atoms with Crippen LogP contribution in [0.25, 0.3) is 22.3 Å². The molecule has 0 N–H and O–H groups in total. The molecule has 9 heteroatoms. The molecular formula is C19H19F2N3O3S. The van der Waals surface area contributed by atoms with Gasteiger partial charge in [0.15, 0.2) is 5.82 Å². The molecule has 0 spiro atoms. The van der Waals surface area contributed by atoms with Gasteiger partial charge in [-0.3, -0.25) is 9.20 Å². The summed E-state index contributed by atoms with van der Waals surface area (Å²) in [5.74, 6) is -2.43. The molecule has 2 aromatic heterocycles. The topological polar surface area (TPSA) is 54.3 Å². The fraction of sp³-hybridized carbons (Fsp3) is 0.368. The highest BCUT2D eigenvalue weighted by molar-refractivity contribution is 7.17. The predicted octanol–water partition coefficient (Wildman–Crippen LogP) is 1.85. The molecule has 28 heavy (non-hydrogen) atoms. The quantitative estimate of drug-likeness (QED) is 0.621. The first-order valence-corrected chi connectivity index (χ1v) is 9.75. The van der Waals surface area contributed by atoms with E-state index in [2.05, 4.69) is 11.5 Å². The van der Waals surface area contributed by atoms with Gasteiger partial charge in [-0.15, -0.1) is 0 Å². The van der Waals surface area contributed by atoms with E-state index in [9.17, 15) is 14.0 Å². The Morgan fingerprint density at radius 2 is 1.96 bits per heavy atom. The third-order valence-corrected chi connectivity index (χ3v) is 6.04. The van der Waals surface area contributed by atoms with Crippen molar-refractivity contribution in [3.63, 3.8) is 0 Å². The van der Waals surface area contributed by atoms with Crippen LogP contribution in [-0.4, -0.2) is 55.1 Å². The number of piperazine rings is 1. The van der Waals surface area contributed by atoms with Gasteiger partial charge in [-0.2, -0.15) is 0 Å². The smallest absolute Gasteiger partial charge is 0.345 e. The molecule has 0 bridgehead atoms. The maximum absolute atomic E-state index is 15.5. The summed E-state index contributed by atoms with van der Waals surface area (Å²) >= 11 is 1.11. The molecular weight excluding hydrogens is 388 g/mol. The predicted molar refractivity (Wildman–Crippen MR) is 105 cm³/mol. The van der Waals surface area contributed by atoms with Crippen LogP contribution in [0.4, 0.5) is 14.5 Å². The van der Waals surface area contributed by atoms with Crippen molar-refractivity contribution in [3.8, 4) is 0 Å². The van der Waals surface area contributed by atoms with Crippen molar-refractivity contribution in [1.29, 1.82) is 0 Å². The Kier molecular flexibility index (Phi) is 4.59. The van der Waals surface area contributed by atoms with Gasteiger partial charge in [0.05, 0.1) is 22.2 Å². The summed E-state index contributed by atoms with van der Waals surface area (Å²) in [7, 11) is 1.95. The Balaban J connectivity index is 2.01. The summed E-state index contributed by atoms with van der Waals surface area (Å²) in [5.41, 5.74) is -1.14. The van der Waals surface area contributed by atoms with Crippen molar-refractivity contribution in [2.75, 3.05) is 44.7 Å². The number of likely N-dealkylation sites (N-methyl/N-ethyl adjacent to an activating group) is 1. The summed E-state index contributed by atoms with van der Waals surface area (Å²) in [4.78, 5) is 29.1. The summed E-state index contributed by atoms with van der Waals surface area (Å²) < 4.78 is 37.2. The molecule has 0 unspecified atom stereocenters. The fourth-order valence-corrected chi connectivity index (χ4v) is 4.53. The van der Waals surface area contributed by atoms with Crippen LogP contribution in [0.5, 0.6) is 0 Å². The zero-order valence-corrected chi connectivity index (χ0v) is 16.4. The van der Waals surface area contributed by atoms with Crippen LogP contribution < -0.4 is 15.0 Å². The van der Waals surface area contributed by atoms with Crippen molar-refractivity contribution < 1.29 is 18.3 Å². The standard InChI is InChI=1S/C19H19F2N3O3S/c1-4-27-19(26)13-17(25)11-9-12(20)16(23-7-5-22(3)6-8-23)14(21)15(11)24-10(2)28-18(13)24/h9H,2,4-8H2,1,3H3. The minimum atomic E-state index is -0.820. The van der Waals surface area contributed by atoms with Gasteiger partial charge in [0.1, 0.15) is 21.9 Å². The number of hydrogen-bond acceptors (Lipinski definition) is 6. The average molecular weight is 407 g/mol. The maximum atomic E-state index is 15.5. The van der Waals surface area contributed by atoms with E-state index in [1.165, 1.54) is 4.40 Å². The Bertz CT molecular complexity index is 1200. The number of carbonyl (C=O) groups is 1. The Hall–Kier alpha value is -2.52. The second-order valence-corrected chi connectivity index (χ2v) is 7.83. The number of halogens is 2. The molecule has 0 amide bonds. The van der Waals surface area contributed by atoms with E-state index in [1.54, 1.807) is 11.8 Å². The molecule has 0 atom stereocenters. The van der Waals surface area contributed by atoms with Gasteiger partial charge >= 0.3 is 5.97 Å². The van der Waals surface area contributed by atoms with Gasteiger partial charge in [-0.05, 0) is 20.0 Å². The Morgan fingerprint density at radius 1 is 1.29 bits per heavy atom. The number of hydrogen-bond donors (Lipinski definition) is 0. The van der Waals surface area contributed by atoms with Gasteiger partial charge in [0.2, 0.25) is 5.43 Å².